The van der Waals surface area contributed by atoms with Crippen LogP contribution in [0.1, 0.15) is 35.9 Å². The lowest BCUT2D eigenvalue weighted by atomic mass is 9.79. The van der Waals surface area contributed by atoms with Crippen molar-refractivity contribution in [3.8, 4) is 0 Å². The van der Waals surface area contributed by atoms with E-state index < -0.39 is 11.9 Å². The number of carbonyl (C=O) groups is 1. The van der Waals surface area contributed by atoms with Crippen molar-refractivity contribution in [2.75, 3.05) is 13.1 Å². The third-order valence-corrected chi connectivity index (χ3v) is 6.43. The summed E-state index contributed by atoms with van der Waals surface area (Å²) in [6.45, 7) is 4.35. The number of carbonyl (C=O) groups excluding carboxylic acids is 1. The molecule has 1 N–H and O–H groups in total. The predicted molar refractivity (Wildman–Crippen MR) is 97.1 cm³/mol. The molecule has 5 rings (SSSR count). The van der Waals surface area contributed by atoms with Crippen molar-refractivity contribution in [2.45, 2.75) is 48.1 Å². The fraction of sp³-hybridized carbons (Fsp3) is 0.474. The second kappa shape index (κ2) is 7.44. The van der Waals surface area contributed by atoms with Crippen molar-refractivity contribution >= 4 is 17.7 Å². The third kappa shape index (κ3) is 3.91. The monoisotopic (exact) mass is 411 g/mol. The fourth-order valence-electron chi connectivity index (χ4n) is 3.99. The summed E-state index contributed by atoms with van der Waals surface area (Å²) in [5.41, 5.74) is 0.524. The topological polar surface area (TPSA) is 58.4 Å². The molecule has 2 atom stereocenters. The molecule has 1 amide bonds. The first kappa shape index (κ1) is 19.3. The average molecular weight is 411 g/mol. The summed E-state index contributed by atoms with van der Waals surface area (Å²) < 4.78 is 42.4. The molecule has 2 bridgehead atoms. The van der Waals surface area contributed by atoms with Gasteiger partial charge >= 0.3 is 6.18 Å². The summed E-state index contributed by atoms with van der Waals surface area (Å²) in [6, 6.07) is 7.17. The van der Waals surface area contributed by atoms with E-state index in [0.29, 0.717) is 28.6 Å². The zero-order valence-corrected chi connectivity index (χ0v) is 16.0. The van der Waals surface area contributed by atoms with Gasteiger partial charge in [-0.05, 0) is 74.8 Å². The molecule has 3 aliphatic heterocycles. The Bertz CT molecular complexity index is 843. The number of nitrogens with zero attached hydrogens (tertiary/aromatic N) is 2. The number of aromatic nitrogens is 1. The van der Waals surface area contributed by atoms with Crippen molar-refractivity contribution in [3.63, 3.8) is 0 Å². The Balaban J connectivity index is 1.39. The summed E-state index contributed by atoms with van der Waals surface area (Å²) in [7, 11) is 0. The molecule has 4 heterocycles. The Morgan fingerprint density at radius 2 is 1.93 bits per heavy atom. The molecule has 1 aromatic heterocycles. The summed E-state index contributed by atoms with van der Waals surface area (Å²) >= 11 is 0.975. The minimum atomic E-state index is -4.56. The number of rotatable bonds is 4. The van der Waals surface area contributed by atoms with Gasteiger partial charge in [-0.2, -0.15) is 13.2 Å². The lowest BCUT2D eigenvalue weighted by Crippen LogP contribution is -2.62. The maximum atomic E-state index is 12.6. The molecular weight excluding hydrogens is 391 g/mol. The van der Waals surface area contributed by atoms with E-state index in [0.717, 1.165) is 37.7 Å². The van der Waals surface area contributed by atoms with Crippen LogP contribution < -0.4 is 5.32 Å². The van der Waals surface area contributed by atoms with Gasteiger partial charge < -0.3 is 9.73 Å². The standard InChI is InChI=1S/C19H20F3N3O2S/c1-11-16(12-6-8-25(11)9-7-12)24-17(26)13-2-4-14(5-3-13)28-18-23-10-15(27-18)19(20,21)22/h2-5,10-12,16H,6-9H2,1H3,(H,24,26). The van der Waals surface area contributed by atoms with E-state index in [-0.39, 0.29) is 17.2 Å². The highest BCUT2D eigenvalue weighted by Gasteiger charge is 2.40. The number of oxazole rings is 1. The van der Waals surface area contributed by atoms with Gasteiger partial charge in [0.05, 0.1) is 6.20 Å². The number of hydrogen-bond donors (Lipinski definition) is 1. The minimum Gasteiger partial charge on any atom is -0.427 e. The molecule has 28 heavy (non-hydrogen) atoms. The van der Waals surface area contributed by atoms with Crippen LogP contribution >= 0.6 is 11.8 Å². The first-order valence-corrected chi connectivity index (χ1v) is 9.99. The molecule has 3 saturated heterocycles. The predicted octanol–water partition coefficient (Wildman–Crippen LogP) is 4.06. The van der Waals surface area contributed by atoms with E-state index in [1.807, 2.05) is 0 Å². The van der Waals surface area contributed by atoms with E-state index in [2.05, 4.69) is 22.1 Å². The maximum absolute atomic E-state index is 12.6. The van der Waals surface area contributed by atoms with Gasteiger partial charge in [0.15, 0.2) is 0 Å². The molecule has 2 unspecified atom stereocenters. The van der Waals surface area contributed by atoms with E-state index in [4.69, 9.17) is 4.42 Å². The van der Waals surface area contributed by atoms with Crippen molar-refractivity contribution in [1.29, 1.82) is 0 Å². The number of halogens is 3. The van der Waals surface area contributed by atoms with Crippen LogP contribution in [0.3, 0.4) is 0 Å². The Hall–Kier alpha value is -2.00. The molecule has 3 fully saturated rings. The highest BCUT2D eigenvalue weighted by atomic mass is 32.2. The number of piperidine rings is 3. The number of amides is 1. The van der Waals surface area contributed by atoms with Crippen LogP contribution in [-0.2, 0) is 6.18 Å². The lowest BCUT2D eigenvalue weighted by Gasteiger charge is -2.49. The first-order valence-electron chi connectivity index (χ1n) is 9.17. The molecule has 0 saturated carbocycles. The van der Waals surface area contributed by atoms with Gasteiger partial charge in [0.1, 0.15) is 0 Å². The molecule has 1 aromatic carbocycles. The molecule has 0 aliphatic carbocycles. The molecule has 150 valence electrons. The number of nitrogens with one attached hydrogen (secondary N) is 1. The maximum Gasteiger partial charge on any atom is 0.451 e. The van der Waals surface area contributed by atoms with E-state index >= 15 is 0 Å². The summed E-state index contributed by atoms with van der Waals surface area (Å²) in [4.78, 5) is 19.3. The Kier molecular flexibility index (Phi) is 5.13. The van der Waals surface area contributed by atoms with E-state index in [1.54, 1.807) is 24.3 Å². The van der Waals surface area contributed by atoms with Gasteiger partial charge in [0.25, 0.3) is 11.1 Å². The number of hydrogen-bond acceptors (Lipinski definition) is 5. The SMILES string of the molecule is CC1C(NC(=O)c2ccc(Sc3ncc(C(F)(F)F)o3)cc2)C2CCN1CC2. The van der Waals surface area contributed by atoms with Crippen LogP contribution in [0, 0.1) is 5.92 Å². The van der Waals surface area contributed by atoms with Gasteiger partial charge in [0.2, 0.25) is 5.76 Å². The summed E-state index contributed by atoms with van der Waals surface area (Å²) in [5, 5.41) is 3.07. The Labute approximate surface area is 164 Å². The summed E-state index contributed by atoms with van der Waals surface area (Å²) in [6.07, 6.45) is -1.67. The largest absolute Gasteiger partial charge is 0.451 e. The van der Waals surface area contributed by atoms with Crippen LogP contribution in [0.25, 0.3) is 0 Å². The van der Waals surface area contributed by atoms with Gasteiger partial charge in [-0.1, -0.05) is 0 Å². The van der Waals surface area contributed by atoms with Crippen LogP contribution in [0.15, 0.2) is 45.0 Å². The highest BCUT2D eigenvalue weighted by molar-refractivity contribution is 7.99. The highest BCUT2D eigenvalue weighted by Crippen LogP contribution is 2.35. The van der Waals surface area contributed by atoms with Crippen molar-refractivity contribution in [2.24, 2.45) is 5.92 Å². The Morgan fingerprint density at radius 1 is 1.25 bits per heavy atom. The van der Waals surface area contributed by atoms with Crippen LogP contribution in [0.2, 0.25) is 0 Å². The van der Waals surface area contributed by atoms with Crippen LogP contribution in [-0.4, -0.2) is 41.0 Å². The first-order chi connectivity index (χ1) is 13.3. The third-order valence-electron chi connectivity index (χ3n) is 5.56. The molecular formula is C19H20F3N3O2S. The van der Waals surface area contributed by atoms with Crippen LogP contribution in [0.5, 0.6) is 0 Å². The molecule has 9 heteroatoms. The quantitative estimate of drug-likeness (QED) is 0.822. The van der Waals surface area contributed by atoms with Crippen molar-refractivity contribution in [1.82, 2.24) is 15.2 Å². The zero-order chi connectivity index (χ0) is 19.9. The fourth-order valence-corrected chi connectivity index (χ4v) is 4.70. The smallest absolute Gasteiger partial charge is 0.427 e. The second-order valence-corrected chi connectivity index (χ2v) is 8.25. The zero-order valence-electron chi connectivity index (χ0n) is 15.2. The molecule has 2 aromatic rings. The molecule has 0 radical (unpaired) electrons. The second-order valence-electron chi connectivity index (χ2n) is 7.23. The minimum absolute atomic E-state index is 0.0920. The Morgan fingerprint density at radius 3 is 2.50 bits per heavy atom. The number of alkyl halides is 3. The average Bonchev–Trinajstić information content (AvgIpc) is 3.14. The van der Waals surface area contributed by atoms with E-state index in [9.17, 15) is 18.0 Å². The number of fused-ring (bicyclic) bond motifs is 3. The van der Waals surface area contributed by atoms with Crippen molar-refractivity contribution < 1.29 is 22.4 Å². The van der Waals surface area contributed by atoms with Gasteiger partial charge in [-0.25, -0.2) is 4.98 Å². The lowest BCUT2D eigenvalue weighted by molar-refractivity contribution is -0.154. The molecule has 0 spiro atoms. The van der Waals surface area contributed by atoms with Crippen molar-refractivity contribution in [3.05, 3.63) is 41.8 Å². The normalized spacial score (nSPS) is 27.0. The van der Waals surface area contributed by atoms with Gasteiger partial charge in [0, 0.05) is 22.5 Å². The molecule has 3 aliphatic rings. The van der Waals surface area contributed by atoms with Gasteiger partial charge in [-0.15, -0.1) is 0 Å². The van der Waals surface area contributed by atoms with Crippen LogP contribution in [0.4, 0.5) is 13.2 Å². The molecule has 5 nitrogen and oxygen atoms in total. The van der Waals surface area contributed by atoms with Gasteiger partial charge in [-0.3, -0.25) is 9.69 Å². The number of benzene rings is 1. The van der Waals surface area contributed by atoms with E-state index in [1.165, 1.54) is 0 Å². The summed E-state index contributed by atoms with van der Waals surface area (Å²) in [5.74, 6) is -0.734.